The van der Waals surface area contributed by atoms with Crippen LogP contribution in [0.2, 0.25) is 5.02 Å². The molecule has 178 valence electrons. The van der Waals surface area contributed by atoms with Gasteiger partial charge in [-0.3, -0.25) is 4.98 Å². The van der Waals surface area contributed by atoms with Crippen molar-refractivity contribution in [2.75, 3.05) is 23.3 Å². The number of halogens is 1. The highest BCUT2D eigenvalue weighted by Gasteiger charge is 2.40. The molecule has 8 nitrogen and oxygen atoms in total. The quantitative estimate of drug-likeness (QED) is 0.396. The van der Waals surface area contributed by atoms with Gasteiger partial charge in [-0.05, 0) is 67.2 Å². The largest absolute Gasteiger partial charge is 0.366 e. The summed E-state index contributed by atoms with van der Waals surface area (Å²) >= 11 is 8.10. The first-order valence-corrected chi connectivity index (χ1v) is 13.3. The van der Waals surface area contributed by atoms with Gasteiger partial charge in [0.1, 0.15) is 10.8 Å². The molecule has 2 fully saturated rings. The number of pyridine rings is 2. The highest BCUT2D eigenvalue weighted by Crippen LogP contribution is 2.45. The van der Waals surface area contributed by atoms with E-state index >= 15 is 0 Å². The first-order chi connectivity index (χ1) is 17.1. The second-order valence-corrected chi connectivity index (χ2v) is 11.4. The van der Waals surface area contributed by atoms with Gasteiger partial charge in [0.05, 0.1) is 11.2 Å². The summed E-state index contributed by atoms with van der Waals surface area (Å²) in [5.41, 5.74) is 4.60. The highest BCUT2D eigenvalue weighted by molar-refractivity contribution is 7.99. The standard InChI is InChI=1S/C25H25ClN8S/c26-20-18(4-8-28-21(20)30-17-1-2-17)35-19-14-29-22-23(31-19)33-24(32-22)34-9-5-25(6-10-34)11-15-3-7-27-13-16(15)12-25/h3-4,7-8,13-14,17H,1-2,5-6,9-12H2,(H,28,30)(H,29,31,32,33). The molecule has 2 aliphatic carbocycles. The molecule has 35 heavy (non-hydrogen) atoms. The topological polar surface area (TPSA) is 95.5 Å². The third-order valence-electron chi connectivity index (χ3n) is 7.42. The van der Waals surface area contributed by atoms with E-state index in [1.807, 2.05) is 18.5 Å². The van der Waals surface area contributed by atoms with E-state index in [1.165, 1.54) is 35.7 Å². The molecule has 1 saturated heterocycles. The van der Waals surface area contributed by atoms with E-state index in [9.17, 15) is 0 Å². The lowest BCUT2D eigenvalue weighted by molar-refractivity contribution is 0.232. The summed E-state index contributed by atoms with van der Waals surface area (Å²) in [7, 11) is 0. The second kappa shape index (κ2) is 8.34. The van der Waals surface area contributed by atoms with Crippen molar-refractivity contribution in [2.45, 2.75) is 54.5 Å². The van der Waals surface area contributed by atoms with Crippen LogP contribution < -0.4 is 10.2 Å². The van der Waals surface area contributed by atoms with Crippen LogP contribution in [0.4, 0.5) is 11.8 Å². The minimum Gasteiger partial charge on any atom is -0.366 e. The van der Waals surface area contributed by atoms with Crippen LogP contribution in [0.5, 0.6) is 0 Å². The monoisotopic (exact) mass is 504 g/mol. The normalized spacial score (nSPS) is 18.8. The molecule has 0 bridgehead atoms. The van der Waals surface area contributed by atoms with E-state index < -0.39 is 0 Å². The van der Waals surface area contributed by atoms with Crippen molar-refractivity contribution in [3.8, 4) is 0 Å². The first-order valence-electron chi connectivity index (χ1n) is 12.1. The van der Waals surface area contributed by atoms with Crippen LogP contribution in [-0.2, 0) is 12.8 Å². The van der Waals surface area contributed by atoms with Crippen LogP contribution in [0.25, 0.3) is 11.3 Å². The lowest BCUT2D eigenvalue weighted by Gasteiger charge is -2.39. The van der Waals surface area contributed by atoms with Crippen molar-refractivity contribution in [1.29, 1.82) is 0 Å². The van der Waals surface area contributed by atoms with Crippen LogP contribution >= 0.6 is 23.4 Å². The third-order valence-corrected chi connectivity index (χ3v) is 8.88. The molecule has 0 atom stereocenters. The second-order valence-electron chi connectivity index (χ2n) is 9.92. The first kappa shape index (κ1) is 21.4. The Kier molecular flexibility index (Phi) is 5.10. The van der Waals surface area contributed by atoms with Crippen LogP contribution in [-0.4, -0.2) is 49.0 Å². The fourth-order valence-electron chi connectivity index (χ4n) is 5.31. The number of nitrogens with zero attached hydrogens (tertiary/aromatic N) is 6. The zero-order chi connectivity index (χ0) is 23.4. The van der Waals surface area contributed by atoms with E-state index in [-0.39, 0.29) is 0 Å². The highest BCUT2D eigenvalue weighted by atomic mass is 35.5. The van der Waals surface area contributed by atoms with Gasteiger partial charge in [-0.25, -0.2) is 15.0 Å². The Morgan fingerprint density at radius 3 is 2.71 bits per heavy atom. The van der Waals surface area contributed by atoms with Crippen LogP contribution in [0.15, 0.2) is 46.8 Å². The number of hydrogen-bond donors (Lipinski definition) is 2. The SMILES string of the molecule is Clc1c(Sc2cnc3nc(N4CCC5(CC4)Cc4ccncc4C5)[nH]c3n2)ccnc1NC1CC1. The average molecular weight is 505 g/mol. The van der Waals surface area contributed by atoms with Gasteiger partial charge in [-0.2, -0.15) is 4.98 Å². The Balaban J connectivity index is 1.06. The van der Waals surface area contributed by atoms with Gasteiger partial charge in [0.15, 0.2) is 11.3 Å². The fraction of sp³-hybridized carbons (Fsp3) is 0.400. The summed E-state index contributed by atoms with van der Waals surface area (Å²) in [6.07, 6.45) is 14.5. The number of hydrogen-bond acceptors (Lipinski definition) is 8. The Hall–Kier alpha value is -2.91. The van der Waals surface area contributed by atoms with Gasteiger partial charge in [-0.15, -0.1) is 0 Å². The minimum atomic E-state index is 0.366. The van der Waals surface area contributed by atoms with E-state index in [0.717, 1.165) is 60.5 Å². The maximum absolute atomic E-state index is 6.61. The van der Waals surface area contributed by atoms with Crippen LogP contribution in [0, 0.1) is 5.41 Å². The molecule has 1 saturated carbocycles. The van der Waals surface area contributed by atoms with Gasteiger partial charge >= 0.3 is 0 Å². The molecule has 5 heterocycles. The van der Waals surface area contributed by atoms with Crippen molar-refractivity contribution >= 4 is 46.4 Å². The molecule has 0 aromatic carbocycles. The summed E-state index contributed by atoms with van der Waals surface area (Å²) < 4.78 is 0. The van der Waals surface area contributed by atoms with Crippen molar-refractivity contribution in [3.05, 3.63) is 53.1 Å². The number of aromatic amines is 1. The van der Waals surface area contributed by atoms with Crippen LogP contribution in [0.1, 0.15) is 36.8 Å². The molecule has 1 spiro atoms. The Bertz CT molecular complexity index is 1380. The Labute approximate surface area is 212 Å². The molecule has 10 heteroatoms. The molecular weight excluding hydrogens is 480 g/mol. The summed E-state index contributed by atoms with van der Waals surface area (Å²) in [5, 5.41) is 4.79. The van der Waals surface area contributed by atoms with Gasteiger partial charge < -0.3 is 15.2 Å². The lowest BCUT2D eigenvalue weighted by Crippen LogP contribution is -2.41. The molecule has 0 unspecified atom stereocenters. The predicted octanol–water partition coefficient (Wildman–Crippen LogP) is 4.91. The molecule has 3 aliphatic rings. The number of aromatic nitrogens is 6. The smallest absolute Gasteiger partial charge is 0.206 e. The number of anilines is 2. The van der Waals surface area contributed by atoms with Gasteiger partial charge in [-0.1, -0.05) is 23.4 Å². The van der Waals surface area contributed by atoms with Crippen molar-refractivity contribution < 1.29 is 0 Å². The zero-order valence-corrected chi connectivity index (χ0v) is 20.7. The van der Waals surface area contributed by atoms with Crippen LogP contribution in [0.3, 0.4) is 0 Å². The van der Waals surface area contributed by atoms with E-state index in [2.05, 4.69) is 36.2 Å². The maximum atomic E-state index is 6.61. The molecule has 0 radical (unpaired) electrons. The van der Waals surface area contributed by atoms with Crippen molar-refractivity contribution in [1.82, 2.24) is 29.9 Å². The van der Waals surface area contributed by atoms with Gasteiger partial charge in [0.25, 0.3) is 0 Å². The van der Waals surface area contributed by atoms with E-state index in [0.29, 0.717) is 27.8 Å². The number of nitrogens with one attached hydrogen (secondary N) is 2. The number of piperidine rings is 1. The molecule has 2 N–H and O–H groups in total. The molecule has 4 aromatic rings. The molecule has 0 amide bonds. The maximum Gasteiger partial charge on any atom is 0.206 e. The van der Waals surface area contributed by atoms with Crippen molar-refractivity contribution in [2.24, 2.45) is 5.41 Å². The molecular formula is C25H25ClN8S. The molecule has 7 rings (SSSR count). The number of rotatable bonds is 5. The summed E-state index contributed by atoms with van der Waals surface area (Å²) in [5.74, 6) is 1.59. The predicted molar refractivity (Wildman–Crippen MR) is 137 cm³/mol. The zero-order valence-electron chi connectivity index (χ0n) is 19.2. The number of imidazole rings is 1. The van der Waals surface area contributed by atoms with E-state index in [1.54, 1.807) is 12.4 Å². The van der Waals surface area contributed by atoms with Gasteiger partial charge in [0, 0.05) is 42.6 Å². The summed E-state index contributed by atoms with van der Waals surface area (Å²) in [6, 6.07) is 4.59. The number of H-pyrrole nitrogens is 1. The fourth-order valence-corrected chi connectivity index (χ4v) is 6.37. The summed E-state index contributed by atoms with van der Waals surface area (Å²) in [6.45, 7) is 1.96. The Morgan fingerprint density at radius 1 is 1.03 bits per heavy atom. The average Bonchev–Trinajstić information content (AvgIpc) is 3.47. The third kappa shape index (κ3) is 4.10. The Morgan fingerprint density at radius 2 is 1.89 bits per heavy atom. The van der Waals surface area contributed by atoms with Crippen molar-refractivity contribution in [3.63, 3.8) is 0 Å². The number of fused-ring (bicyclic) bond motifs is 2. The molecule has 1 aliphatic heterocycles. The minimum absolute atomic E-state index is 0.366. The molecule has 4 aromatic heterocycles. The summed E-state index contributed by atoms with van der Waals surface area (Å²) in [4.78, 5) is 29.4. The van der Waals surface area contributed by atoms with E-state index in [4.69, 9.17) is 21.6 Å². The lowest BCUT2D eigenvalue weighted by atomic mass is 9.76. The van der Waals surface area contributed by atoms with Gasteiger partial charge in [0.2, 0.25) is 5.95 Å².